The van der Waals surface area contributed by atoms with Gasteiger partial charge in [0.1, 0.15) is 0 Å². The highest BCUT2D eigenvalue weighted by Gasteiger charge is 2.66. The highest BCUT2D eigenvalue weighted by molar-refractivity contribution is 5.17. The van der Waals surface area contributed by atoms with Gasteiger partial charge in [0.2, 0.25) is 0 Å². The van der Waals surface area contributed by atoms with Crippen molar-refractivity contribution in [1.29, 1.82) is 0 Å². The van der Waals surface area contributed by atoms with Crippen LogP contribution in [-0.2, 0) is 0 Å². The van der Waals surface area contributed by atoms with Crippen molar-refractivity contribution in [3.05, 3.63) is 0 Å². The third-order valence-electron chi connectivity index (χ3n) is 3.17. The molecule has 52 valence electrons. The van der Waals surface area contributed by atoms with Gasteiger partial charge >= 0.3 is 0 Å². The molecule has 1 aliphatic heterocycles. The predicted molar refractivity (Wildman–Crippen MR) is 35.1 cm³/mol. The molecule has 1 aliphatic carbocycles. The van der Waals surface area contributed by atoms with Crippen molar-refractivity contribution in [3.63, 3.8) is 0 Å². The van der Waals surface area contributed by atoms with E-state index in [-0.39, 0.29) is 5.41 Å². The van der Waals surface area contributed by atoms with Crippen LogP contribution in [0.15, 0.2) is 0 Å². The molecule has 2 rings (SSSR count). The second-order valence-electron chi connectivity index (χ2n) is 3.78. The van der Waals surface area contributed by atoms with Crippen LogP contribution in [0.1, 0.15) is 13.3 Å². The van der Waals surface area contributed by atoms with Crippen molar-refractivity contribution in [2.45, 2.75) is 13.3 Å². The Labute approximate surface area is 55.3 Å². The van der Waals surface area contributed by atoms with Crippen molar-refractivity contribution in [2.75, 3.05) is 19.7 Å². The van der Waals surface area contributed by atoms with Crippen LogP contribution in [0.25, 0.3) is 0 Å². The lowest BCUT2D eigenvalue weighted by atomic mass is 10.00. The van der Waals surface area contributed by atoms with E-state index in [0.29, 0.717) is 12.0 Å². The minimum absolute atomic E-state index is 0.285. The normalized spacial score (nSPS) is 55.3. The molecule has 0 aromatic heterocycles. The molecule has 0 bridgehead atoms. The highest BCUT2D eigenvalue weighted by Crippen LogP contribution is 2.65. The topological polar surface area (TPSA) is 32.3 Å². The fourth-order valence-electron chi connectivity index (χ4n) is 2.11. The molecule has 0 spiro atoms. The number of hydrogen-bond donors (Lipinski definition) is 2. The lowest BCUT2D eigenvalue weighted by Gasteiger charge is -2.07. The first kappa shape index (κ1) is 5.69. The molecule has 9 heavy (non-hydrogen) atoms. The van der Waals surface area contributed by atoms with Crippen molar-refractivity contribution in [2.24, 2.45) is 10.8 Å². The van der Waals surface area contributed by atoms with E-state index < -0.39 is 0 Å². The van der Waals surface area contributed by atoms with E-state index in [1.807, 2.05) is 0 Å². The fraction of sp³-hybridized carbons (Fsp3) is 1.00. The largest absolute Gasteiger partial charge is 0.396 e. The van der Waals surface area contributed by atoms with Gasteiger partial charge < -0.3 is 10.4 Å². The summed E-state index contributed by atoms with van der Waals surface area (Å²) in [6.45, 7) is 4.76. The number of piperidine rings is 1. The molecule has 2 unspecified atom stereocenters. The first-order valence-corrected chi connectivity index (χ1v) is 3.54. The zero-order valence-corrected chi connectivity index (χ0v) is 5.78. The van der Waals surface area contributed by atoms with Crippen LogP contribution in [0.4, 0.5) is 0 Å². The van der Waals surface area contributed by atoms with Crippen LogP contribution in [0.3, 0.4) is 0 Å². The first-order valence-electron chi connectivity index (χ1n) is 3.54. The third kappa shape index (κ3) is 0.485. The van der Waals surface area contributed by atoms with Gasteiger partial charge in [-0.05, 0) is 11.8 Å². The molecule has 2 atom stereocenters. The van der Waals surface area contributed by atoms with Crippen LogP contribution in [-0.4, -0.2) is 24.8 Å². The Kier molecular flexibility index (Phi) is 0.837. The van der Waals surface area contributed by atoms with Gasteiger partial charge in [-0.15, -0.1) is 0 Å². The maximum Gasteiger partial charge on any atom is 0.0505 e. The molecular weight excluding hydrogens is 114 g/mol. The second kappa shape index (κ2) is 1.32. The molecule has 0 aromatic carbocycles. The van der Waals surface area contributed by atoms with Crippen molar-refractivity contribution in [1.82, 2.24) is 5.32 Å². The second-order valence-corrected chi connectivity index (χ2v) is 3.78. The Morgan fingerprint density at radius 1 is 1.56 bits per heavy atom. The van der Waals surface area contributed by atoms with Gasteiger partial charge in [-0.2, -0.15) is 0 Å². The molecule has 2 aliphatic rings. The Morgan fingerprint density at radius 2 is 2.33 bits per heavy atom. The van der Waals surface area contributed by atoms with Gasteiger partial charge in [0, 0.05) is 18.5 Å². The Morgan fingerprint density at radius 3 is 2.56 bits per heavy atom. The molecule has 2 N–H and O–H groups in total. The summed E-state index contributed by atoms with van der Waals surface area (Å²) in [6, 6.07) is 0. The van der Waals surface area contributed by atoms with E-state index in [1.54, 1.807) is 0 Å². The van der Waals surface area contributed by atoms with E-state index in [4.69, 9.17) is 5.11 Å². The molecule has 0 aromatic rings. The number of fused-ring (bicyclic) bond motifs is 1. The van der Waals surface area contributed by atoms with Crippen LogP contribution in [0, 0.1) is 10.8 Å². The summed E-state index contributed by atoms with van der Waals surface area (Å²) >= 11 is 0. The third-order valence-corrected chi connectivity index (χ3v) is 3.17. The van der Waals surface area contributed by atoms with Gasteiger partial charge in [-0.25, -0.2) is 0 Å². The van der Waals surface area contributed by atoms with Gasteiger partial charge in [-0.3, -0.25) is 0 Å². The van der Waals surface area contributed by atoms with E-state index >= 15 is 0 Å². The minimum atomic E-state index is 0.285. The minimum Gasteiger partial charge on any atom is -0.396 e. The fourth-order valence-corrected chi connectivity index (χ4v) is 2.11. The average molecular weight is 127 g/mol. The zero-order valence-electron chi connectivity index (χ0n) is 5.78. The Hall–Kier alpha value is -0.0800. The van der Waals surface area contributed by atoms with Crippen molar-refractivity contribution in [3.8, 4) is 0 Å². The first-order chi connectivity index (χ1) is 4.22. The standard InChI is InChI=1S/C7H13NO/c1-6-2-7(6,5-9)4-8-3-6/h8-9H,2-5H2,1H3. The number of rotatable bonds is 1. The Bertz CT molecular complexity index is 144. The van der Waals surface area contributed by atoms with E-state index in [9.17, 15) is 0 Å². The lowest BCUT2D eigenvalue weighted by Crippen LogP contribution is -2.18. The zero-order chi connectivity index (χ0) is 6.54. The predicted octanol–water partition coefficient (Wildman–Crippen LogP) is -0.0217. The lowest BCUT2D eigenvalue weighted by molar-refractivity contribution is 0.201. The van der Waals surface area contributed by atoms with Crippen molar-refractivity contribution < 1.29 is 5.11 Å². The molecule has 1 heterocycles. The molecule has 2 fully saturated rings. The van der Waals surface area contributed by atoms with Gasteiger partial charge in [0.25, 0.3) is 0 Å². The maximum atomic E-state index is 8.99. The van der Waals surface area contributed by atoms with Crippen LogP contribution < -0.4 is 5.32 Å². The average Bonchev–Trinajstić information content (AvgIpc) is 2.29. The molecule has 1 saturated heterocycles. The molecule has 1 saturated carbocycles. The summed E-state index contributed by atoms with van der Waals surface area (Å²) < 4.78 is 0. The van der Waals surface area contributed by atoms with E-state index in [0.717, 1.165) is 13.1 Å². The summed E-state index contributed by atoms with van der Waals surface area (Å²) in [4.78, 5) is 0. The summed E-state index contributed by atoms with van der Waals surface area (Å²) in [5, 5.41) is 12.3. The summed E-state index contributed by atoms with van der Waals surface area (Å²) in [6.07, 6.45) is 1.23. The summed E-state index contributed by atoms with van der Waals surface area (Å²) in [5.41, 5.74) is 0.731. The Balaban J connectivity index is 2.19. The van der Waals surface area contributed by atoms with E-state index in [2.05, 4.69) is 12.2 Å². The molecular formula is C7H13NO. The van der Waals surface area contributed by atoms with Crippen LogP contribution >= 0.6 is 0 Å². The quantitative estimate of drug-likeness (QED) is 0.519. The van der Waals surface area contributed by atoms with Crippen LogP contribution in [0.5, 0.6) is 0 Å². The maximum absolute atomic E-state index is 8.99. The number of hydrogen-bond acceptors (Lipinski definition) is 2. The molecule has 2 nitrogen and oxygen atoms in total. The van der Waals surface area contributed by atoms with Gasteiger partial charge in [0.05, 0.1) is 6.61 Å². The molecule has 2 heteroatoms. The monoisotopic (exact) mass is 127 g/mol. The number of nitrogens with one attached hydrogen (secondary N) is 1. The van der Waals surface area contributed by atoms with Gasteiger partial charge in [-0.1, -0.05) is 6.92 Å². The molecule has 0 amide bonds. The smallest absolute Gasteiger partial charge is 0.0505 e. The highest BCUT2D eigenvalue weighted by atomic mass is 16.3. The number of aliphatic hydroxyl groups excluding tert-OH is 1. The van der Waals surface area contributed by atoms with Crippen molar-refractivity contribution >= 4 is 0 Å². The summed E-state index contributed by atoms with van der Waals surface area (Å²) in [5.74, 6) is 0. The van der Waals surface area contributed by atoms with Crippen LogP contribution in [0.2, 0.25) is 0 Å². The van der Waals surface area contributed by atoms with Gasteiger partial charge in [0.15, 0.2) is 0 Å². The van der Waals surface area contributed by atoms with E-state index in [1.165, 1.54) is 6.42 Å². The number of aliphatic hydroxyl groups is 1. The molecule has 0 radical (unpaired) electrons. The SMILES string of the molecule is CC12CNCC1(CO)C2. The summed E-state index contributed by atoms with van der Waals surface area (Å²) in [7, 11) is 0.